The lowest BCUT2D eigenvalue weighted by molar-refractivity contribution is 0.191. The molecule has 94 valence electrons. The maximum absolute atomic E-state index is 3.55. The third-order valence-corrected chi connectivity index (χ3v) is 4.48. The number of benzene rings is 1. The van der Waals surface area contributed by atoms with Crippen LogP contribution in [0.25, 0.3) is 0 Å². The van der Waals surface area contributed by atoms with E-state index in [4.69, 9.17) is 0 Å². The lowest BCUT2D eigenvalue weighted by Crippen LogP contribution is -2.42. The van der Waals surface area contributed by atoms with Crippen LogP contribution in [0.3, 0.4) is 0 Å². The number of hydrogen-bond acceptors (Lipinski definition) is 2. The molecular formula is C14H21IN2. The Kier molecular flexibility index (Phi) is 5.25. The fraction of sp³-hybridized carbons (Fsp3) is 0.571. The van der Waals surface area contributed by atoms with E-state index in [1.54, 1.807) is 0 Å². The summed E-state index contributed by atoms with van der Waals surface area (Å²) in [6, 6.07) is 9.44. The van der Waals surface area contributed by atoms with Gasteiger partial charge in [-0.05, 0) is 66.7 Å². The van der Waals surface area contributed by atoms with E-state index in [2.05, 4.69) is 64.0 Å². The number of rotatable bonds is 4. The lowest BCUT2D eigenvalue weighted by atomic mass is 10.0. The van der Waals surface area contributed by atoms with Crippen LogP contribution in [-0.4, -0.2) is 30.6 Å². The van der Waals surface area contributed by atoms with E-state index in [1.165, 1.54) is 35.1 Å². The molecule has 0 amide bonds. The Morgan fingerprint density at radius 1 is 1.29 bits per heavy atom. The van der Waals surface area contributed by atoms with E-state index < -0.39 is 0 Å². The summed E-state index contributed by atoms with van der Waals surface area (Å²) in [4.78, 5) is 2.57. The van der Waals surface area contributed by atoms with Crippen molar-refractivity contribution in [2.24, 2.45) is 0 Å². The molecule has 0 unspecified atom stereocenters. The Hall–Kier alpha value is -0.130. The van der Waals surface area contributed by atoms with Crippen LogP contribution in [0.15, 0.2) is 24.3 Å². The van der Waals surface area contributed by atoms with Crippen LogP contribution >= 0.6 is 22.6 Å². The maximum Gasteiger partial charge on any atom is 0.0244 e. The number of nitrogens with zero attached hydrogens (tertiary/aromatic N) is 1. The van der Waals surface area contributed by atoms with Gasteiger partial charge in [-0.15, -0.1) is 0 Å². The van der Waals surface area contributed by atoms with Gasteiger partial charge >= 0.3 is 0 Å². The van der Waals surface area contributed by atoms with Crippen molar-refractivity contribution < 1.29 is 0 Å². The van der Waals surface area contributed by atoms with E-state index in [0.717, 1.165) is 19.1 Å². The SMILES string of the molecule is CCNC1CCN(Cc2ccccc2I)CC1. The second-order valence-electron chi connectivity index (χ2n) is 4.70. The van der Waals surface area contributed by atoms with Crippen LogP contribution in [0.1, 0.15) is 25.3 Å². The second kappa shape index (κ2) is 6.71. The largest absolute Gasteiger partial charge is 0.314 e. The molecule has 0 radical (unpaired) electrons. The molecule has 1 saturated heterocycles. The molecule has 3 heteroatoms. The zero-order valence-electron chi connectivity index (χ0n) is 10.5. The predicted molar refractivity (Wildman–Crippen MR) is 81.1 cm³/mol. The van der Waals surface area contributed by atoms with Gasteiger partial charge in [0, 0.05) is 16.2 Å². The van der Waals surface area contributed by atoms with E-state index >= 15 is 0 Å². The van der Waals surface area contributed by atoms with Gasteiger partial charge in [0.1, 0.15) is 0 Å². The van der Waals surface area contributed by atoms with Crippen molar-refractivity contribution >= 4 is 22.6 Å². The third-order valence-electron chi connectivity index (χ3n) is 3.43. The molecule has 1 N–H and O–H groups in total. The van der Waals surface area contributed by atoms with Crippen molar-refractivity contribution in [2.75, 3.05) is 19.6 Å². The van der Waals surface area contributed by atoms with Crippen LogP contribution < -0.4 is 5.32 Å². The highest BCUT2D eigenvalue weighted by molar-refractivity contribution is 14.1. The predicted octanol–water partition coefficient (Wildman–Crippen LogP) is 2.87. The lowest BCUT2D eigenvalue weighted by Gasteiger charge is -2.32. The van der Waals surface area contributed by atoms with Gasteiger partial charge in [-0.2, -0.15) is 0 Å². The van der Waals surface area contributed by atoms with E-state index in [0.29, 0.717) is 0 Å². The number of likely N-dealkylation sites (tertiary alicyclic amines) is 1. The summed E-state index contributed by atoms with van der Waals surface area (Å²) < 4.78 is 1.39. The van der Waals surface area contributed by atoms with Crippen molar-refractivity contribution in [2.45, 2.75) is 32.4 Å². The summed E-state index contributed by atoms with van der Waals surface area (Å²) >= 11 is 2.43. The van der Waals surface area contributed by atoms with Crippen LogP contribution in [-0.2, 0) is 6.54 Å². The zero-order valence-corrected chi connectivity index (χ0v) is 12.6. The fourth-order valence-corrected chi connectivity index (χ4v) is 3.01. The fourth-order valence-electron chi connectivity index (χ4n) is 2.45. The first-order valence-corrected chi connectivity index (χ1v) is 7.56. The minimum atomic E-state index is 0.742. The van der Waals surface area contributed by atoms with Crippen LogP contribution in [0.4, 0.5) is 0 Å². The summed E-state index contributed by atoms with van der Waals surface area (Å²) in [5.74, 6) is 0. The molecule has 17 heavy (non-hydrogen) atoms. The minimum Gasteiger partial charge on any atom is -0.314 e. The average Bonchev–Trinajstić information content (AvgIpc) is 2.35. The van der Waals surface area contributed by atoms with Gasteiger partial charge in [-0.25, -0.2) is 0 Å². The molecule has 1 fully saturated rings. The number of halogens is 1. The van der Waals surface area contributed by atoms with E-state index in [-0.39, 0.29) is 0 Å². The van der Waals surface area contributed by atoms with Gasteiger partial charge in [0.05, 0.1) is 0 Å². The molecule has 0 aliphatic carbocycles. The Morgan fingerprint density at radius 3 is 2.65 bits per heavy atom. The monoisotopic (exact) mass is 344 g/mol. The Bertz CT molecular complexity index is 346. The highest BCUT2D eigenvalue weighted by atomic mass is 127. The van der Waals surface area contributed by atoms with Crippen LogP contribution in [0, 0.1) is 3.57 Å². The minimum absolute atomic E-state index is 0.742. The van der Waals surface area contributed by atoms with Crippen molar-refractivity contribution in [3.63, 3.8) is 0 Å². The molecule has 0 bridgehead atoms. The van der Waals surface area contributed by atoms with Gasteiger partial charge < -0.3 is 5.32 Å². The van der Waals surface area contributed by atoms with Crippen molar-refractivity contribution in [1.29, 1.82) is 0 Å². The summed E-state index contributed by atoms with van der Waals surface area (Å²) in [7, 11) is 0. The van der Waals surface area contributed by atoms with Crippen molar-refractivity contribution in [1.82, 2.24) is 10.2 Å². The van der Waals surface area contributed by atoms with Crippen molar-refractivity contribution in [3.05, 3.63) is 33.4 Å². The third kappa shape index (κ3) is 3.93. The Morgan fingerprint density at radius 2 is 2.00 bits per heavy atom. The Labute approximate surface area is 118 Å². The topological polar surface area (TPSA) is 15.3 Å². The first kappa shape index (κ1) is 13.3. The summed E-state index contributed by atoms with van der Waals surface area (Å²) in [5, 5.41) is 3.55. The highest BCUT2D eigenvalue weighted by Gasteiger charge is 2.18. The van der Waals surface area contributed by atoms with Gasteiger partial charge in [0.25, 0.3) is 0 Å². The van der Waals surface area contributed by atoms with E-state index in [9.17, 15) is 0 Å². The molecule has 0 saturated carbocycles. The number of hydrogen-bond donors (Lipinski definition) is 1. The molecule has 1 heterocycles. The highest BCUT2D eigenvalue weighted by Crippen LogP contribution is 2.17. The quantitative estimate of drug-likeness (QED) is 0.845. The van der Waals surface area contributed by atoms with Crippen LogP contribution in [0.5, 0.6) is 0 Å². The zero-order chi connectivity index (χ0) is 12.1. The molecule has 1 aliphatic heterocycles. The number of piperidine rings is 1. The molecule has 2 nitrogen and oxygen atoms in total. The van der Waals surface area contributed by atoms with E-state index in [1.807, 2.05) is 0 Å². The first-order valence-electron chi connectivity index (χ1n) is 6.48. The summed E-state index contributed by atoms with van der Waals surface area (Å²) in [6.07, 6.45) is 2.58. The average molecular weight is 344 g/mol. The Balaban J connectivity index is 1.84. The van der Waals surface area contributed by atoms with Crippen molar-refractivity contribution in [3.8, 4) is 0 Å². The summed E-state index contributed by atoms with van der Waals surface area (Å²) in [6.45, 7) is 6.85. The molecule has 0 aromatic heterocycles. The van der Waals surface area contributed by atoms with Gasteiger partial charge in [-0.1, -0.05) is 25.1 Å². The molecule has 1 aromatic rings. The molecule has 2 rings (SSSR count). The summed E-state index contributed by atoms with van der Waals surface area (Å²) in [5.41, 5.74) is 1.47. The van der Waals surface area contributed by atoms with Gasteiger partial charge in [0.15, 0.2) is 0 Å². The standard InChI is InChI=1S/C14H21IN2/c1-2-16-13-7-9-17(10-8-13)11-12-5-3-4-6-14(12)15/h3-6,13,16H,2,7-11H2,1H3. The molecule has 0 spiro atoms. The normalized spacial score (nSPS) is 18.5. The number of nitrogens with one attached hydrogen (secondary N) is 1. The maximum atomic E-state index is 3.55. The molecule has 0 atom stereocenters. The van der Waals surface area contributed by atoms with Crippen LogP contribution in [0.2, 0.25) is 0 Å². The molecule has 1 aromatic carbocycles. The van der Waals surface area contributed by atoms with Gasteiger partial charge in [-0.3, -0.25) is 4.90 Å². The second-order valence-corrected chi connectivity index (χ2v) is 5.86. The molecular weight excluding hydrogens is 323 g/mol. The van der Waals surface area contributed by atoms with Gasteiger partial charge in [0.2, 0.25) is 0 Å². The first-order chi connectivity index (χ1) is 8.29. The smallest absolute Gasteiger partial charge is 0.0244 e. The molecule has 1 aliphatic rings.